The molecule has 3 aliphatic heterocycles. The molecule has 1 amide bonds. The zero-order chi connectivity index (χ0) is 16.5. The lowest BCUT2D eigenvalue weighted by Gasteiger charge is -2.49. The Bertz CT molecular complexity index is 694. The van der Waals surface area contributed by atoms with Crippen LogP contribution in [0.3, 0.4) is 0 Å². The van der Waals surface area contributed by atoms with E-state index in [9.17, 15) is 4.79 Å². The summed E-state index contributed by atoms with van der Waals surface area (Å²) < 4.78 is 5.57. The first-order valence-corrected chi connectivity index (χ1v) is 9.17. The first-order valence-electron chi connectivity index (χ1n) is 8.30. The monoisotopic (exact) mass is 344 g/mol. The number of carbonyl (C=O) groups excluding carboxylic acids is 1. The number of aromatic nitrogens is 2. The summed E-state index contributed by atoms with van der Waals surface area (Å²) in [6.07, 6.45) is 2.37. The van der Waals surface area contributed by atoms with Crippen LogP contribution in [0.25, 0.3) is 0 Å². The standard InChI is InChI=1S/C17H20N4O2S/c1-11-15(12-6-8-21(11)9-7-12)19-16(22)13-2-4-14(5-3-13)23-17-20-18-10-24-17/h2-5,10-12,15H,6-9H2,1H3,(H,19,22)/t11-,15+/m1/s1. The van der Waals surface area contributed by atoms with Crippen LogP contribution >= 0.6 is 11.3 Å². The number of nitrogens with one attached hydrogen (secondary N) is 1. The number of carbonyl (C=O) groups is 1. The van der Waals surface area contributed by atoms with E-state index in [4.69, 9.17) is 4.74 Å². The van der Waals surface area contributed by atoms with Crippen molar-refractivity contribution in [3.63, 3.8) is 0 Å². The number of benzene rings is 1. The molecule has 5 rings (SSSR count). The average Bonchev–Trinajstić information content (AvgIpc) is 3.12. The van der Waals surface area contributed by atoms with Gasteiger partial charge in [0.1, 0.15) is 11.3 Å². The van der Waals surface area contributed by atoms with Gasteiger partial charge in [-0.3, -0.25) is 9.69 Å². The first-order chi connectivity index (χ1) is 11.7. The van der Waals surface area contributed by atoms with Crippen LogP contribution in [-0.4, -0.2) is 46.2 Å². The van der Waals surface area contributed by atoms with Crippen LogP contribution in [0.2, 0.25) is 0 Å². The molecule has 1 aromatic carbocycles. The Kier molecular flexibility index (Phi) is 4.20. The number of ether oxygens (including phenoxy) is 1. The highest BCUT2D eigenvalue weighted by Gasteiger charge is 2.40. The molecule has 1 aromatic heterocycles. The fourth-order valence-electron chi connectivity index (χ4n) is 3.76. The molecule has 24 heavy (non-hydrogen) atoms. The molecule has 1 N–H and O–H groups in total. The molecule has 3 fully saturated rings. The second-order valence-electron chi connectivity index (χ2n) is 6.44. The van der Waals surface area contributed by atoms with Crippen molar-refractivity contribution in [2.45, 2.75) is 31.8 Å². The van der Waals surface area contributed by atoms with Crippen molar-refractivity contribution < 1.29 is 9.53 Å². The van der Waals surface area contributed by atoms with Gasteiger partial charge in [0, 0.05) is 17.6 Å². The summed E-state index contributed by atoms with van der Waals surface area (Å²) >= 11 is 1.33. The van der Waals surface area contributed by atoms with Gasteiger partial charge in [-0.1, -0.05) is 16.4 Å². The quantitative estimate of drug-likeness (QED) is 0.923. The maximum Gasteiger partial charge on any atom is 0.299 e. The van der Waals surface area contributed by atoms with Gasteiger partial charge in [0.05, 0.1) is 0 Å². The van der Waals surface area contributed by atoms with Crippen molar-refractivity contribution in [2.24, 2.45) is 5.92 Å². The molecule has 2 bridgehead atoms. The van der Waals surface area contributed by atoms with E-state index >= 15 is 0 Å². The van der Waals surface area contributed by atoms with Gasteiger partial charge in [-0.15, -0.1) is 5.10 Å². The van der Waals surface area contributed by atoms with Crippen LogP contribution in [0.1, 0.15) is 30.1 Å². The highest BCUT2D eigenvalue weighted by molar-refractivity contribution is 7.11. The highest BCUT2D eigenvalue weighted by atomic mass is 32.1. The van der Waals surface area contributed by atoms with Gasteiger partial charge < -0.3 is 10.1 Å². The summed E-state index contributed by atoms with van der Waals surface area (Å²) in [6, 6.07) is 7.82. The molecule has 2 atom stereocenters. The Morgan fingerprint density at radius 1 is 1.29 bits per heavy atom. The molecular weight excluding hydrogens is 324 g/mol. The van der Waals surface area contributed by atoms with Crippen LogP contribution in [-0.2, 0) is 0 Å². The maximum absolute atomic E-state index is 12.6. The van der Waals surface area contributed by atoms with Crippen molar-refractivity contribution in [3.05, 3.63) is 35.3 Å². The normalized spacial score (nSPS) is 28.5. The molecule has 0 radical (unpaired) electrons. The molecule has 0 aliphatic carbocycles. The number of fused-ring (bicyclic) bond motifs is 3. The van der Waals surface area contributed by atoms with E-state index in [0.29, 0.717) is 28.5 Å². The Balaban J connectivity index is 1.41. The van der Waals surface area contributed by atoms with Gasteiger partial charge >= 0.3 is 0 Å². The maximum atomic E-state index is 12.6. The molecule has 6 nitrogen and oxygen atoms in total. The Hall–Kier alpha value is -1.99. The van der Waals surface area contributed by atoms with Crippen molar-refractivity contribution in [1.29, 1.82) is 0 Å². The highest BCUT2D eigenvalue weighted by Crippen LogP contribution is 2.32. The van der Waals surface area contributed by atoms with Gasteiger partial charge in [0.25, 0.3) is 11.1 Å². The van der Waals surface area contributed by atoms with E-state index in [2.05, 4.69) is 27.3 Å². The Morgan fingerprint density at radius 2 is 2.04 bits per heavy atom. The number of rotatable bonds is 4. The molecule has 0 unspecified atom stereocenters. The van der Waals surface area contributed by atoms with Gasteiger partial charge in [-0.2, -0.15) is 0 Å². The first kappa shape index (κ1) is 15.5. The SMILES string of the molecule is C[C@@H]1[C@H](NC(=O)c2ccc(Oc3nncs3)cc2)C2CCN1CC2. The van der Waals surface area contributed by atoms with Crippen LogP contribution in [0.5, 0.6) is 10.9 Å². The molecule has 0 spiro atoms. The number of hydrogen-bond donors (Lipinski definition) is 1. The van der Waals surface area contributed by atoms with E-state index in [1.165, 1.54) is 24.2 Å². The number of piperidine rings is 3. The van der Waals surface area contributed by atoms with Crippen molar-refractivity contribution in [1.82, 2.24) is 20.4 Å². The Labute approximate surface area is 144 Å². The summed E-state index contributed by atoms with van der Waals surface area (Å²) in [5, 5.41) is 11.3. The van der Waals surface area contributed by atoms with Crippen molar-refractivity contribution >= 4 is 17.2 Å². The van der Waals surface area contributed by atoms with Crippen LogP contribution in [0.15, 0.2) is 29.8 Å². The molecule has 0 saturated carbocycles. The third-order valence-electron chi connectivity index (χ3n) is 5.14. The fraction of sp³-hybridized carbons (Fsp3) is 0.471. The fourth-order valence-corrected chi connectivity index (χ4v) is 4.19. The smallest absolute Gasteiger partial charge is 0.299 e. The second kappa shape index (κ2) is 6.49. The van der Waals surface area contributed by atoms with Crippen LogP contribution in [0, 0.1) is 5.92 Å². The molecule has 3 aliphatic rings. The second-order valence-corrected chi connectivity index (χ2v) is 7.24. The van der Waals surface area contributed by atoms with Crippen molar-refractivity contribution in [2.75, 3.05) is 13.1 Å². The molecule has 126 valence electrons. The molecule has 3 saturated heterocycles. The lowest BCUT2D eigenvalue weighted by Crippen LogP contribution is -2.62. The number of hydrogen-bond acceptors (Lipinski definition) is 6. The molecular formula is C17H20N4O2S. The summed E-state index contributed by atoms with van der Waals surface area (Å²) in [4.78, 5) is 15.0. The average molecular weight is 344 g/mol. The third-order valence-corrected chi connectivity index (χ3v) is 5.70. The van der Waals surface area contributed by atoms with Crippen LogP contribution in [0.4, 0.5) is 0 Å². The Morgan fingerprint density at radius 3 is 2.67 bits per heavy atom. The minimum absolute atomic E-state index is 0.0111. The zero-order valence-corrected chi connectivity index (χ0v) is 14.3. The van der Waals surface area contributed by atoms with Crippen molar-refractivity contribution in [3.8, 4) is 10.9 Å². The van der Waals surface area contributed by atoms with Gasteiger partial charge in [0.15, 0.2) is 0 Å². The minimum Gasteiger partial charge on any atom is -0.430 e. The predicted octanol–water partition coefficient (Wildman–Crippen LogP) is 2.54. The molecule has 7 heteroatoms. The van der Waals surface area contributed by atoms with E-state index in [1.54, 1.807) is 29.8 Å². The third kappa shape index (κ3) is 3.01. The van der Waals surface area contributed by atoms with Gasteiger partial charge in [-0.05, 0) is 63.0 Å². The van der Waals surface area contributed by atoms with E-state index in [-0.39, 0.29) is 11.9 Å². The van der Waals surface area contributed by atoms with Gasteiger partial charge in [-0.25, -0.2) is 0 Å². The zero-order valence-electron chi connectivity index (χ0n) is 13.5. The topological polar surface area (TPSA) is 67.3 Å². The predicted molar refractivity (Wildman–Crippen MR) is 91.4 cm³/mol. The summed E-state index contributed by atoms with van der Waals surface area (Å²) in [5.41, 5.74) is 2.27. The minimum atomic E-state index is -0.0111. The number of nitrogens with zero attached hydrogens (tertiary/aromatic N) is 3. The lowest BCUT2D eigenvalue weighted by molar-refractivity contribution is 0.0217. The summed E-state index contributed by atoms with van der Waals surface area (Å²) in [6.45, 7) is 4.54. The van der Waals surface area contributed by atoms with E-state index < -0.39 is 0 Å². The summed E-state index contributed by atoms with van der Waals surface area (Å²) in [5.74, 6) is 1.25. The molecule has 4 heterocycles. The van der Waals surface area contributed by atoms with Gasteiger partial charge in [0.2, 0.25) is 0 Å². The molecule has 2 aromatic rings. The largest absolute Gasteiger partial charge is 0.430 e. The summed E-state index contributed by atoms with van der Waals surface area (Å²) in [7, 11) is 0. The van der Waals surface area contributed by atoms with Crippen LogP contribution < -0.4 is 10.1 Å². The van der Waals surface area contributed by atoms with E-state index in [1.807, 2.05) is 0 Å². The lowest BCUT2D eigenvalue weighted by atomic mass is 9.79. The number of amides is 1. The van der Waals surface area contributed by atoms with E-state index in [0.717, 1.165) is 13.1 Å².